The zero-order valence-electron chi connectivity index (χ0n) is 15.0. The number of hydrogen-bond donors (Lipinski definition) is 0. The number of aromatic nitrogens is 1. The van der Waals surface area contributed by atoms with Crippen molar-refractivity contribution in [3.05, 3.63) is 47.2 Å². The van der Waals surface area contributed by atoms with Crippen LogP contribution in [0.1, 0.15) is 33.3 Å². The van der Waals surface area contributed by atoms with Gasteiger partial charge in [-0.1, -0.05) is 24.3 Å². The molecule has 154 valence electrons. The smallest absolute Gasteiger partial charge is 0.454 e. The summed E-state index contributed by atoms with van der Waals surface area (Å²) in [6.45, 7) is 1.21. The Morgan fingerprint density at radius 1 is 1.00 bits per heavy atom. The fourth-order valence-electron chi connectivity index (χ4n) is 3.38. The second-order valence-corrected chi connectivity index (χ2v) is 6.19. The molecule has 0 spiro atoms. The molecule has 0 fully saturated rings. The van der Waals surface area contributed by atoms with E-state index < -0.39 is 46.3 Å². The van der Waals surface area contributed by atoms with Crippen LogP contribution in [0.15, 0.2) is 30.3 Å². The number of alkyl halides is 6. The van der Waals surface area contributed by atoms with E-state index in [4.69, 9.17) is 4.74 Å². The van der Waals surface area contributed by atoms with Crippen molar-refractivity contribution in [2.24, 2.45) is 7.05 Å². The number of aryl methyl sites for hydroxylation is 1. The van der Waals surface area contributed by atoms with E-state index in [2.05, 4.69) is 0 Å². The van der Waals surface area contributed by atoms with Gasteiger partial charge < -0.3 is 9.30 Å². The topological polar surface area (TPSA) is 48.3 Å². The van der Waals surface area contributed by atoms with Crippen molar-refractivity contribution in [2.45, 2.75) is 19.3 Å². The molecule has 0 atom stereocenters. The molecule has 0 aliphatic carbocycles. The maximum Gasteiger partial charge on any atom is 0.454 e. The fraction of sp³-hybridized carbons (Fsp3) is 0.263. The van der Waals surface area contributed by atoms with Crippen molar-refractivity contribution in [2.75, 3.05) is 6.61 Å². The molecule has 3 rings (SSSR count). The Kier molecular flexibility index (Phi) is 4.84. The van der Waals surface area contributed by atoms with Crippen molar-refractivity contribution < 1.29 is 40.7 Å². The molecule has 1 aromatic heterocycles. The first-order chi connectivity index (χ1) is 13.4. The molecule has 0 N–H and O–H groups in total. The van der Waals surface area contributed by atoms with Crippen molar-refractivity contribution in [3.8, 4) is 0 Å². The lowest BCUT2D eigenvalue weighted by Crippen LogP contribution is -2.23. The highest BCUT2D eigenvalue weighted by Crippen LogP contribution is 2.43. The Labute approximate surface area is 159 Å². The van der Waals surface area contributed by atoms with Crippen LogP contribution in [0.4, 0.5) is 26.3 Å². The molecule has 0 aliphatic heterocycles. The van der Waals surface area contributed by atoms with Crippen LogP contribution in [0.25, 0.3) is 21.7 Å². The van der Waals surface area contributed by atoms with E-state index >= 15 is 0 Å². The summed E-state index contributed by atoms with van der Waals surface area (Å²) >= 11 is 0. The molecule has 0 radical (unpaired) electrons. The second kappa shape index (κ2) is 6.78. The molecule has 0 aliphatic rings. The molecule has 3 aromatic rings. The summed E-state index contributed by atoms with van der Waals surface area (Å²) in [5, 5.41) is -0.887. The van der Waals surface area contributed by atoms with Gasteiger partial charge in [0.1, 0.15) is 5.69 Å². The number of Topliss-reactive ketones (excluding diaryl/α,β-unsaturated/α-hetero) is 1. The zero-order chi connectivity index (χ0) is 21.7. The Bertz CT molecular complexity index is 1140. The average Bonchev–Trinajstić information content (AvgIpc) is 2.93. The molecule has 2 aromatic carbocycles. The third kappa shape index (κ3) is 3.32. The normalized spacial score (nSPS) is 12.6. The first-order valence-corrected chi connectivity index (χ1v) is 8.29. The van der Waals surface area contributed by atoms with Gasteiger partial charge in [0, 0.05) is 23.4 Å². The minimum Gasteiger partial charge on any atom is -0.461 e. The van der Waals surface area contributed by atoms with Crippen molar-refractivity contribution in [1.29, 1.82) is 0 Å². The lowest BCUT2D eigenvalue weighted by atomic mass is 9.96. The summed E-state index contributed by atoms with van der Waals surface area (Å²) in [6.07, 6.45) is -10.4. The lowest BCUT2D eigenvalue weighted by Gasteiger charge is -2.11. The summed E-state index contributed by atoms with van der Waals surface area (Å²) in [6, 6.07) is 5.81. The quantitative estimate of drug-likeness (QED) is 0.331. The van der Waals surface area contributed by atoms with Gasteiger partial charge in [-0.05, 0) is 18.4 Å². The number of hydrogen-bond acceptors (Lipinski definition) is 3. The number of benzene rings is 2. The molecular formula is C19H13F6NO3. The third-order valence-electron chi connectivity index (χ3n) is 4.45. The SMILES string of the molecule is CCOC(=O)c1c(C(F)(F)F)c2cc(C(=O)C(F)(F)F)c3ccccc3c2n1C. The highest BCUT2D eigenvalue weighted by atomic mass is 19.4. The van der Waals surface area contributed by atoms with Crippen LogP contribution < -0.4 is 0 Å². The number of nitrogens with zero attached hydrogens (tertiary/aromatic N) is 1. The minimum atomic E-state index is -5.28. The van der Waals surface area contributed by atoms with Gasteiger partial charge in [-0.3, -0.25) is 4.79 Å². The number of carbonyl (C=O) groups is 2. The maximum atomic E-state index is 13.8. The van der Waals surface area contributed by atoms with Crippen LogP contribution in [0.5, 0.6) is 0 Å². The van der Waals surface area contributed by atoms with E-state index in [9.17, 15) is 35.9 Å². The highest BCUT2D eigenvalue weighted by molar-refractivity contribution is 6.20. The molecule has 1 heterocycles. The monoisotopic (exact) mass is 417 g/mol. The largest absolute Gasteiger partial charge is 0.461 e. The van der Waals surface area contributed by atoms with Gasteiger partial charge in [0.15, 0.2) is 0 Å². The Hall–Kier alpha value is -3.04. The summed E-state index contributed by atoms with van der Waals surface area (Å²) in [5.41, 5.74) is -3.35. The van der Waals surface area contributed by atoms with Crippen molar-refractivity contribution >= 4 is 33.4 Å². The molecule has 0 amide bonds. The minimum absolute atomic E-state index is 0.0267. The van der Waals surface area contributed by atoms with E-state index in [0.29, 0.717) is 6.07 Å². The lowest BCUT2D eigenvalue weighted by molar-refractivity contribution is -0.137. The number of halogens is 6. The van der Waals surface area contributed by atoms with Gasteiger partial charge in [0.25, 0.3) is 5.78 Å². The molecule has 0 saturated carbocycles. The Morgan fingerprint density at radius 3 is 2.10 bits per heavy atom. The summed E-state index contributed by atoms with van der Waals surface area (Å²) < 4.78 is 86.3. The number of rotatable bonds is 3. The predicted molar refractivity (Wildman–Crippen MR) is 91.8 cm³/mol. The van der Waals surface area contributed by atoms with Gasteiger partial charge >= 0.3 is 18.3 Å². The molecule has 0 unspecified atom stereocenters. The molecular weight excluding hydrogens is 404 g/mol. The van der Waals surface area contributed by atoms with E-state index in [1.54, 1.807) is 0 Å². The van der Waals surface area contributed by atoms with E-state index in [1.165, 1.54) is 38.2 Å². The number of fused-ring (bicyclic) bond motifs is 3. The van der Waals surface area contributed by atoms with E-state index in [0.717, 1.165) is 4.57 Å². The van der Waals surface area contributed by atoms with Gasteiger partial charge in [0.05, 0.1) is 17.7 Å². The van der Waals surface area contributed by atoms with Crippen LogP contribution >= 0.6 is 0 Å². The van der Waals surface area contributed by atoms with E-state index in [1.807, 2.05) is 0 Å². The molecule has 0 saturated heterocycles. The zero-order valence-corrected chi connectivity index (χ0v) is 15.0. The Morgan fingerprint density at radius 2 is 1.59 bits per heavy atom. The van der Waals surface area contributed by atoms with Crippen molar-refractivity contribution in [1.82, 2.24) is 4.57 Å². The average molecular weight is 417 g/mol. The van der Waals surface area contributed by atoms with Crippen molar-refractivity contribution in [3.63, 3.8) is 0 Å². The van der Waals surface area contributed by atoms with Crippen LogP contribution in [-0.4, -0.2) is 29.1 Å². The van der Waals surface area contributed by atoms with Crippen LogP contribution in [0.3, 0.4) is 0 Å². The molecule has 4 nitrogen and oxygen atoms in total. The van der Waals surface area contributed by atoms with Crippen LogP contribution in [-0.2, 0) is 18.0 Å². The second-order valence-electron chi connectivity index (χ2n) is 6.19. The molecule has 29 heavy (non-hydrogen) atoms. The van der Waals surface area contributed by atoms with Crippen LogP contribution in [0, 0.1) is 0 Å². The molecule has 10 heteroatoms. The van der Waals surface area contributed by atoms with Crippen LogP contribution in [0.2, 0.25) is 0 Å². The third-order valence-corrected chi connectivity index (χ3v) is 4.45. The van der Waals surface area contributed by atoms with Gasteiger partial charge in [0.2, 0.25) is 0 Å². The van der Waals surface area contributed by atoms with Gasteiger partial charge in [-0.25, -0.2) is 4.79 Å². The van der Waals surface area contributed by atoms with Gasteiger partial charge in [-0.15, -0.1) is 0 Å². The standard InChI is InChI=1S/C19H13F6NO3/c1-3-29-17(28)15-13(18(20,21)22)12-8-11(16(27)19(23,24)25)9-6-4-5-7-10(9)14(12)26(15)2/h4-8H,3H2,1-2H3. The fourth-order valence-corrected chi connectivity index (χ4v) is 3.38. The highest BCUT2D eigenvalue weighted by Gasteiger charge is 2.44. The number of ketones is 1. The summed E-state index contributed by atoms with van der Waals surface area (Å²) in [5.74, 6) is -3.54. The number of esters is 1. The number of carbonyl (C=O) groups excluding carboxylic acids is 2. The maximum absolute atomic E-state index is 13.8. The Balaban J connectivity index is 2.56. The predicted octanol–water partition coefficient (Wildman–Crippen LogP) is 5.27. The van der Waals surface area contributed by atoms with E-state index in [-0.39, 0.29) is 22.9 Å². The molecule has 0 bridgehead atoms. The summed E-state index contributed by atoms with van der Waals surface area (Å²) in [7, 11) is 1.18. The first-order valence-electron chi connectivity index (χ1n) is 8.29. The number of ether oxygens (including phenoxy) is 1. The van der Waals surface area contributed by atoms with Gasteiger partial charge in [-0.2, -0.15) is 26.3 Å². The first kappa shape index (κ1) is 20.7. The summed E-state index contributed by atoms with van der Waals surface area (Å²) in [4.78, 5) is 24.1.